The zero-order valence-corrected chi connectivity index (χ0v) is 10.9. The van der Waals surface area contributed by atoms with E-state index in [1.165, 1.54) is 6.26 Å². The molecule has 0 atom stereocenters. The summed E-state index contributed by atoms with van der Waals surface area (Å²) in [5, 5.41) is 3.19. The van der Waals surface area contributed by atoms with Crippen LogP contribution in [0.4, 0.5) is 11.4 Å². The average Bonchev–Trinajstić information content (AvgIpc) is 2.68. The monoisotopic (exact) mass is 314 g/mol. The lowest BCUT2D eigenvalue weighted by Gasteiger charge is -2.07. The highest BCUT2D eigenvalue weighted by atomic mass is 79.9. The van der Waals surface area contributed by atoms with Crippen LogP contribution in [0.2, 0.25) is 5.02 Å². The van der Waals surface area contributed by atoms with Crippen LogP contribution in [0.5, 0.6) is 0 Å². The number of anilines is 2. The minimum absolute atomic E-state index is 0.306. The number of rotatable bonds is 2. The lowest BCUT2D eigenvalue weighted by atomic mass is 10.2. The summed E-state index contributed by atoms with van der Waals surface area (Å²) in [4.78, 5) is 11.8. The first-order chi connectivity index (χ1) is 8.08. The van der Waals surface area contributed by atoms with Gasteiger partial charge in [0.2, 0.25) is 0 Å². The third-order valence-electron chi connectivity index (χ3n) is 2.12. The summed E-state index contributed by atoms with van der Waals surface area (Å²) in [5.41, 5.74) is 7.04. The smallest absolute Gasteiger partial charge is 0.260 e. The second-order valence-corrected chi connectivity index (χ2v) is 4.45. The van der Waals surface area contributed by atoms with Gasteiger partial charge in [0.15, 0.2) is 4.67 Å². The van der Waals surface area contributed by atoms with E-state index in [1.807, 2.05) is 0 Å². The Balaban J connectivity index is 2.22. The van der Waals surface area contributed by atoms with Crippen molar-refractivity contribution in [3.63, 3.8) is 0 Å². The molecule has 6 heteroatoms. The summed E-state index contributed by atoms with van der Waals surface area (Å²) in [7, 11) is 0. The van der Waals surface area contributed by atoms with Gasteiger partial charge in [-0.2, -0.15) is 0 Å². The number of hydrogen-bond donors (Lipinski definition) is 2. The fourth-order valence-electron chi connectivity index (χ4n) is 1.29. The average molecular weight is 316 g/mol. The van der Waals surface area contributed by atoms with Gasteiger partial charge < -0.3 is 15.5 Å². The fraction of sp³-hybridized carbons (Fsp3) is 0. The second-order valence-electron chi connectivity index (χ2n) is 3.29. The Labute approximate surface area is 111 Å². The van der Waals surface area contributed by atoms with Crippen molar-refractivity contribution in [3.8, 4) is 0 Å². The van der Waals surface area contributed by atoms with Gasteiger partial charge in [-0.1, -0.05) is 11.6 Å². The molecule has 0 aliphatic heterocycles. The minimum Gasteiger partial charge on any atom is -0.457 e. The van der Waals surface area contributed by atoms with Crippen molar-refractivity contribution in [1.82, 2.24) is 0 Å². The number of nitrogen functional groups attached to an aromatic ring is 1. The van der Waals surface area contributed by atoms with Gasteiger partial charge in [-0.3, -0.25) is 4.79 Å². The van der Waals surface area contributed by atoms with E-state index in [9.17, 15) is 4.79 Å². The van der Waals surface area contributed by atoms with E-state index in [2.05, 4.69) is 21.2 Å². The highest BCUT2D eigenvalue weighted by molar-refractivity contribution is 9.10. The van der Waals surface area contributed by atoms with Crippen LogP contribution in [0, 0.1) is 0 Å². The highest BCUT2D eigenvalue weighted by Crippen LogP contribution is 2.24. The molecule has 1 amide bonds. The molecule has 1 aromatic carbocycles. The third kappa shape index (κ3) is 2.62. The van der Waals surface area contributed by atoms with Gasteiger partial charge in [0.1, 0.15) is 0 Å². The molecule has 0 unspecified atom stereocenters. The molecule has 88 valence electrons. The SMILES string of the molecule is Nc1cc(Cl)ccc1NC(=O)c1ccoc1Br. The quantitative estimate of drug-likeness (QED) is 0.833. The summed E-state index contributed by atoms with van der Waals surface area (Å²) in [6.45, 7) is 0. The summed E-state index contributed by atoms with van der Waals surface area (Å²) in [6, 6.07) is 6.43. The molecule has 1 aromatic heterocycles. The van der Waals surface area contributed by atoms with Gasteiger partial charge in [-0.25, -0.2) is 0 Å². The van der Waals surface area contributed by atoms with Crippen LogP contribution in [0.25, 0.3) is 0 Å². The van der Waals surface area contributed by atoms with Crippen LogP contribution in [-0.4, -0.2) is 5.91 Å². The molecule has 0 spiro atoms. The molecular weight excluding hydrogens is 307 g/mol. The number of nitrogens with one attached hydrogen (secondary N) is 1. The van der Waals surface area contributed by atoms with E-state index >= 15 is 0 Å². The molecule has 0 aliphatic carbocycles. The Morgan fingerprint density at radius 2 is 2.18 bits per heavy atom. The van der Waals surface area contributed by atoms with Gasteiger partial charge in [0.25, 0.3) is 5.91 Å². The van der Waals surface area contributed by atoms with E-state index in [-0.39, 0.29) is 5.91 Å². The van der Waals surface area contributed by atoms with Crippen molar-refractivity contribution in [3.05, 3.63) is 45.8 Å². The van der Waals surface area contributed by atoms with Crippen molar-refractivity contribution in [2.45, 2.75) is 0 Å². The Morgan fingerprint density at radius 1 is 1.41 bits per heavy atom. The summed E-state index contributed by atoms with van der Waals surface area (Å²) in [6.07, 6.45) is 1.42. The van der Waals surface area contributed by atoms with Gasteiger partial charge in [0, 0.05) is 5.02 Å². The molecule has 0 radical (unpaired) electrons. The summed E-state index contributed by atoms with van der Waals surface area (Å²) in [5.74, 6) is -0.306. The summed E-state index contributed by atoms with van der Waals surface area (Å²) < 4.78 is 5.35. The number of hydrogen-bond acceptors (Lipinski definition) is 3. The number of carbonyl (C=O) groups excluding carboxylic acids is 1. The van der Waals surface area contributed by atoms with Gasteiger partial charge in [-0.15, -0.1) is 0 Å². The van der Waals surface area contributed by atoms with Gasteiger partial charge >= 0.3 is 0 Å². The van der Waals surface area contributed by atoms with Crippen molar-refractivity contribution in [2.24, 2.45) is 0 Å². The van der Waals surface area contributed by atoms with Gasteiger partial charge in [-0.05, 0) is 40.2 Å². The van der Waals surface area contributed by atoms with Crippen LogP contribution >= 0.6 is 27.5 Å². The van der Waals surface area contributed by atoms with Crippen molar-refractivity contribution >= 4 is 44.8 Å². The molecular formula is C11H8BrClN2O2. The highest BCUT2D eigenvalue weighted by Gasteiger charge is 2.13. The standard InChI is InChI=1S/C11H8BrClN2O2/c12-10-7(3-4-17-10)11(16)15-9-2-1-6(13)5-8(9)14/h1-5H,14H2,(H,15,16). The maximum Gasteiger partial charge on any atom is 0.260 e. The molecule has 3 N–H and O–H groups in total. The molecule has 0 saturated heterocycles. The van der Waals surface area contributed by atoms with Crippen molar-refractivity contribution in [1.29, 1.82) is 0 Å². The Bertz CT molecular complexity index is 568. The number of benzene rings is 1. The first kappa shape index (κ1) is 12.0. The predicted molar refractivity (Wildman–Crippen MR) is 70.2 cm³/mol. The van der Waals surface area contributed by atoms with E-state index in [0.717, 1.165) is 0 Å². The molecule has 4 nitrogen and oxygen atoms in total. The first-order valence-electron chi connectivity index (χ1n) is 4.67. The number of amides is 1. The Hall–Kier alpha value is -1.46. The maximum absolute atomic E-state index is 11.8. The predicted octanol–water partition coefficient (Wildman–Crippen LogP) is 3.53. The van der Waals surface area contributed by atoms with E-state index < -0.39 is 0 Å². The molecule has 17 heavy (non-hydrogen) atoms. The van der Waals surface area contributed by atoms with Crippen molar-refractivity contribution in [2.75, 3.05) is 11.1 Å². The largest absolute Gasteiger partial charge is 0.457 e. The maximum atomic E-state index is 11.8. The molecule has 2 rings (SSSR count). The number of carbonyl (C=O) groups is 1. The second kappa shape index (κ2) is 4.81. The zero-order chi connectivity index (χ0) is 12.4. The van der Waals surface area contributed by atoms with E-state index in [1.54, 1.807) is 24.3 Å². The molecule has 0 bridgehead atoms. The topological polar surface area (TPSA) is 68.3 Å². The van der Waals surface area contributed by atoms with Crippen LogP contribution in [-0.2, 0) is 0 Å². The fourth-order valence-corrected chi connectivity index (χ4v) is 1.89. The molecule has 0 fully saturated rings. The van der Waals surface area contributed by atoms with Crippen molar-refractivity contribution < 1.29 is 9.21 Å². The molecule has 0 saturated carbocycles. The van der Waals surface area contributed by atoms with E-state index in [4.69, 9.17) is 21.8 Å². The van der Waals surface area contributed by atoms with Crippen LogP contribution in [0.15, 0.2) is 39.6 Å². The van der Waals surface area contributed by atoms with Crippen LogP contribution in [0.3, 0.4) is 0 Å². The first-order valence-corrected chi connectivity index (χ1v) is 5.84. The lowest BCUT2D eigenvalue weighted by Crippen LogP contribution is -2.12. The van der Waals surface area contributed by atoms with Gasteiger partial charge in [0.05, 0.1) is 23.2 Å². The Kier molecular flexibility index (Phi) is 3.40. The minimum atomic E-state index is -0.306. The zero-order valence-electron chi connectivity index (χ0n) is 8.54. The molecule has 0 aliphatic rings. The number of furan rings is 1. The van der Waals surface area contributed by atoms with Crippen LogP contribution in [0.1, 0.15) is 10.4 Å². The normalized spacial score (nSPS) is 10.2. The van der Waals surface area contributed by atoms with E-state index in [0.29, 0.717) is 26.6 Å². The molecule has 1 heterocycles. The lowest BCUT2D eigenvalue weighted by molar-refractivity contribution is 0.102. The summed E-state index contributed by atoms with van der Waals surface area (Å²) >= 11 is 8.89. The number of halogens is 2. The number of nitrogens with two attached hydrogens (primary N) is 1. The molecule has 2 aromatic rings. The van der Waals surface area contributed by atoms with Crippen LogP contribution < -0.4 is 11.1 Å². The third-order valence-corrected chi connectivity index (χ3v) is 2.97. The Morgan fingerprint density at radius 3 is 2.76 bits per heavy atom.